The molecule has 2 aromatic rings. The fourth-order valence-corrected chi connectivity index (χ4v) is 1.86. The number of nitrogens with zero attached hydrogens (tertiary/aromatic N) is 1. The Morgan fingerprint density at radius 2 is 2.00 bits per heavy atom. The van der Waals surface area contributed by atoms with E-state index in [1.165, 1.54) is 11.8 Å². The van der Waals surface area contributed by atoms with Crippen molar-refractivity contribution in [3.8, 4) is 0 Å². The van der Waals surface area contributed by atoms with Crippen LogP contribution in [0.5, 0.6) is 0 Å². The molecule has 1 aromatic carbocycles. The summed E-state index contributed by atoms with van der Waals surface area (Å²) in [5.74, 6) is -0.100. The first-order chi connectivity index (χ1) is 9.70. The average molecular weight is 270 g/mol. The fraction of sp³-hybridized carbons (Fsp3) is 0.250. The van der Waals surface area contributed by atoms with Gasteiger partial charge in [-0.05, 0) is 36.6 Å². The Morgan fingerprint density at radius 3 is 2.60 bits per heavy atom. The van der Waals surface area contributed by atoms with Gasteiger partial charge in [0.15, 0.2) is 5.76 Å². The number of benzene rings is 1. The van der Waals surface area contributed by atoms with Crippen LogP contribution in [-0.2, 0) is 6.42 Å². The molecule has 2 rings (SSSR count). The number of carbonyl (C=O) groups is 1. The second-order valence-electron chi connectivity index (χ2n) is 4.56. The molecule has 4 nitrogen and oxygen atoms in total. The van der Waals surface area contributed by atoms with E-state index >= 15 is 0 Å². The lowest BCUT2D eigenvalue weighted by Crippen LogP contribution is -2.18. The predicted octanol–water partition coefficient (Wildman–Crippen LogP) is 3.39. The van der Waals surface area contributed by atoms with E-state index in [1.54, 1.807) is 12.1 Å². The van der Waals surface area contributed by atoms with Crippen LogP contribution in [0.2, 0.25) is 0 Å². The Balaban J connectivity index is 2.01. The molecular weight excluding hydrogens is 252 g/mol. The highest BCUT2D eigenvalue weighted by molar-refractivity contribution is 6.00. The zero-order chi connectivity index (χ0) is 14.4. The van der Waals surface area contributed by atoms with Gasteiger partial charge in [0.1, 0.15) is 0 Å². The highest BCUT2D eigenvalue weighted by Crippen LogP contribution is 2.08. The van der Waals surface area contributed by atoms with Gasteiger partial charge < -0.3 is 4.42 Å². The largest absolute Gasteiger partial charge is 0.459 e. The van der Waals surface area contributed by atoms with Gasteiger partial charge in [-0.1, -0.05) is 37.6 Å². The Morgan fingerprint density at radius 1 is 1.25 bits per heavy atom. The molecule has 0 saturated carbocycles. The summed E-state index contributed by atoms with van der Waals surface area (Å²) in [6, 6.07) is 11.5. The third-order valence-electron chi connectivity index (χ3n) is 2.98. The smallest absolute Gasteiger partial charge is 0.307 e. The second-order valence-corrected chi connectivity index (χ2v) is 4.56. The van der Waals surface area contributed by atoms with Crippen LogP contribution in [0.3, 0.4) is 0 Å². The average Bonchev–Trinajstić information content (AvgIpc) is 3.00. The Bertz CT molecular complexity index is 583. The quantitative estimate of drug-likeness (QED) is 0.669. The van der Waals surface area contributed by atoms with Gasteiger partial charge >= 0.3 is 5.91 Å². The zero-order valence-electron chi connectivity index (χ0n) is 11.7. The summed E-state index contributed by atoms with van der Waals surface area (Å²) in [6.07, 6.45) is 3.66. The molecule has 0 fully saturated rings. The minimum absolute atomic E-state index is 0.250. The summed E-state index contributed by atoms with van der Waals surface area (Å²) in [5, 5.41) is 4.08. The lowest BCUT2D eigenvalue weighted by Gasteiger charge is -2.03. The number of furan rings is 1. The van der Waals surface area contributed by atoms with E-state index in [0.29, 0.717) is 0 Å². The molecule has 0 unspecified atom stereocenters. The normalized spacial score (nSPS) is 11.4. The van der Waals surface area contributed by atoms with Gasteiger partial charge in [-0.2, -0.15) is 5.10 Å². The van der Waals surface area contributed by atoms with E-state index in [9.17, 15) is 4.79 Å². The summed E-state index contributed by atoms with van der Waals surface area (Å²) in [7, 11) is 0. The molecule has 0 saturated heterocycles. The van der Waals surface area contributed by atoms with E-state index < -0.39 is 0 Å². The van der Waals surface area contributed by atoms with Crippen molar-refractivity contribution in [1.29, 1.82) is 0 Å². The maximum atomic E-state index is 11.7. The fourth-order valence-electron chi connectivity index (χ4n) is 1.86. The van der Waals surface area contributed by atoms with Crippen molar-refractivity contribution in [1.82, 2.24) is 5.43 Å². The molecule has 1 aromatic heterocycles. The van der Waals surface area contributed by atoms with Gasteiger partial charge in [-0.25, -0.2) is 5.43 Å². The molecule has 1 heterocycles. The summed E-state index contributed by atoms with van der Waals surface area (Å²) in [6.45, 7) is 4.02. The summed E-state index contributed by atoms with van der Waals surface area (Å²) in [4.78, 5) is 11.7. The molecule has 0 atom stereocenters. The SMILES string of the molecule is CCCc1ccc(C(C)=NNC(=O)c2ccco2)cc1. The van der Waals surface area contributed by atoms with Crippen molar-refractivity contribution in [2.24, 2.45) is 5.10 Å². The molecule has 20 heavy (non-hydrogen) atoms. The maximum Gasteiger partial charge on any atom is 0.307 e. The third kappa shape index (κ3) is 3.57. The van der Waals surface area contributed by atoms with Crippen LogP contribution in [0.15, 0.2) is 52.2 Å². The zero-order valence-corrected chi connectivity index (χ0v) is 11.7. The van der Waals surface area contributed by atoms with Gasteiger partial charge in [-0.15, -0.1) is 0 Å². The summed E-state index contributed by atoms with van der Waals surface area (Å²) >= 11 is 0. The highest BCUT2D eigenvalue weighted by atomic mass is 16.3. The van der Waals surface area contributed by atoms with Crippen molar-refractivity contribution in [3.63, 3.8) is 0 Å². The van der Waals surface area contributed by atoms with Crippen LogP contribution < -0.4 is 5.43 Å². The first kappa shape index (κ1) is 14.1. The lowest BCUT2D eigenvalue weighted by atomic mass is 10.1. The minimum Gasteiger partial charge on any atom is -0.459 e. The van der Waals surface area contributed by atoms with E-state index in [0.717, 1.165) is 24.1 Å². The van der Waals surface area contributed by atoms with Crippen molar-refractivity contribution in [2.45, 2.75) is 26.7 Å². The number of hydrazone groups is 1. The van der Waals surface area contributed by atoms with E-state index in [4.69, 9.17) is 4.42 Å². The minimum atomic E-state index is -0.350. The van der Waals surface area contributed by atoms with E-state index in [1.807, 2.05) is 19.1 Å². The van der Waals surface area contributed by atoms with Crippen molar-refractivity contribution in [2.75, 3.05) is 0 Å². The molecule has 0 bridgehead atoms. The van der Waals surface area contributed by atoms with Crippen LogP contribution in [0.4, 0.5) is 0 Å². The highest BCUT2D eigenvalue weighted by Gasteiger charge is 2.07. The van der Waals surface area contributed by atoms with Crippen LogP contribution >= 0.6 is 0 Å². The van der Waals surface area contributed by atoms with Gasteiger partial charge in [0.2, 0.25) is 0 Å². The second kappa shape index (κ2) is 6.70. The Labute approximate surface area is 118 Å². The number of nitrogens with one attached hydrogen (secondary N) is 1. The van der Waals surface area contributed by atoms with Crippen LogP contribution in [0, 0.1) is 0 Å². The van der Waals surface area contributed by atoms with Crippen LogP contribution in [0.1, 0.15) is 41.9 Å². The Kier molecular flexibility index (Phi) is 4.71. The van der Waals surface area contributed by atoms with E-state index in [2.05, 4.69) is 29.6 Å². The van der Waals surface area contributed by atoms with Crippen molar-refractivity contribution >= 4 is 11.6 Å². The number of rotatable bonds is 5. The van der Waals surface area contributed by atoms with Gasteiger partial charge in [0, 0.05) is 0 Å². The molecule has 0 aliphatic heterocycles. The van der Waals surface area contributed by atoms with Gasteiger partial charge in [-0.3, -0.25) is 4.79 Å². The lowest BCUT2D eigenvalue weighted by molar-refractivity contribution is 0.0927. The predicted molar refractivity (Wildman–Crippen MR) is 78.8 cm³/mol. The number of hydrogen-bond acceptors (Lipinski definition) is 3. The first-order valence-electron chi connectivity index (χ1n) is 6.68. The van der Waals surface area contributed by atoms with Gasteiger partial charge in [0.25, 0.3) is 0 Å². The topological polar surface area (TPSA) is 54.6 Å². The first-order valence-corrected chi connectivity index (χ1v) is 6.68. The maximum absolute atomic E-state index is 11.7. The summed E-state index contributed by atoms with van der Waals surface area (Å²) < 4.78 is 4.99. The standard InChI is InChI=1S/C16H18N2O2/c1-3-5-13-7-9-14(10-8-13)12(2)17-18-16(19)15-6-4-11-20-15/h4,6-11H,3,5H2,1-2H3,(H,18,19). The molecule has 1 N–H and O–H groups in total. The number of amides is 1. The Hall–Kier alpha value is -2.36. The van der Waals surface area contributed by atoms with E-state index in [-0.39, 0.29) is 11.7 Å². The van der Waals surface area contributed by atoms with Crippen LogP contribution in [0.25, 0.3) is 0 Å². The molecule has 0 radical (unpaired) electrons. The molecule has 4 heteroatoms. The monoisotopic (exact) mass is 270 g/mol. The third-order valence-corrected chi connectivity index (χ3v) is 2.98. The van der Waals surface area contributed by atoms with Gasteiger partial charge in [0.05, 0.1) is 12.0 Å². The number of hydrogen-bond donors (Lipinski definition) is 1. The number of carbonyl (C=O) groups excluding carboxylic acids is 1. The summed E-state index contributed by atoms with van der Waals surface area (Å²) in [5.41, 5.74) is 5.54. The van der Waals surface area contributed by atoms with Crippen molar-refractivity contribution < 1.29 is 9.21 Å². The molecule has 1 amide bonds. The molecule has 0 aliphatic rings. The molecule has 104 valence electrons. The molecule has 0 aliphatic carbocycles. The molecule has 0 spiro atoms. The number of aryl methyl sites for hydroxylation is 1. The van der Waals surface area contributed by atoms with Crippen LogP contribution in [-0.4, -0.2) is 11.6 Å². The van der Waals surface area contributed by atoms with Crippen molar-refractivity contribution in [3.05, 3.63) is 59.5 Å². The molecular formula is C16H18N2O2.